The van der Waals surface area contributed by atoms with Gasteiger partial charge >= 0.3 is 0 Å². The van der Waals surface area contributed by atoms with Crippen molar-refractivity contribution in [3.05, 3.63) is 40.9 Å². The fraction of sp³-hybridized carbons (Fsp3) is 0.231. The summed E-state index contributed by atoms with van der Waals surface area (Å²) >= 11 is 5.73. The number of hydrogen-bond acceptors (Lipinski definition) is 4. The number of hydrogen-bond donors (Lipinski definition) is 2. The lowest BCUT2D eigenvalue weighted by atomic mass is 10.3. The first kappa shape index (κ1) is 13.5. The Kier molecular flexibility index (Phi) is 4.16. The van der Waals surface area contributed by atoms with Crippen molar-refractivity contribution in [3.8, 4) is 0 Å². The molecule has 0 fully saturated rings. The lowest BCUT2D eigenvalue weighted by Gasteiger charge is -2.09. The Bertz CT molecular complexity index is 589. The van der Waals surface area contributed by atoms with Crippen LogP contribution in [-0.2, 0) is 0 Å². The van der Waals surface area contributed by atoms with Gasteiger partial charge in [-0.15, -0.1) is 0 Å². The molecule has 0 saturated carbocycles. The summed E-state index contributed by atoms with van der Waals surface area (Å²) in [4.78, 5) is 8.51. The quantitative estimate of drug-likeness (QED) is 0.895. The van der Waals surface area contributed by atoms with E-state index in [0.29, 0.717) is 17.3 Å². The van der Waals surface area contributed by atoms with Crippen LogP contribution in [0.25, 0.3) is 0 Å². The Morgan fingerprint density at radius 1 is 1.21 bits per heavy atom. The molecule has 0 saturated heterocycles. The van der Waals surface area contributed by atoms with E-state index in [2.05, 4.69) is 20.6 Å². The first-order chi connectivity index (χ1) is 9.08. The van der Waals surface area contributed by atoms with E-state index < -0.39 is 5.82 Å². The predicted octanol–water partition coefficient (Wildman–Crippen LogP) is 3.75. The lowest BCUT2D eigenvalue weighted by molar-refractivity contribution is 0.628. The second-order valence-electron chi connectivity index (χ2n) is 3.97. The number of anilines is 3. The summed E-state index contributed by atoms with van der Waals surface area (Å²) in [5, 5.41) is 6.26. The highest BCUT2D eigenvalue weighted by atomic mass is 35.5. The second-order valence-corrected chi connectivity index (χ2v) is 4.38. The van der Waals surface area contributed by atoms with E-state index in [1.165, 1.54) is 12.1 Å². The first-order valence-electron chi connectivity index (χ1n) is 5.90. The van der Waals surface area contributed by atoms with E-state index in [1.807, 2.05) is 13.8 Å². The van der Waals surface area contributed by atoms with Crippen LogP contribution in [0.2, 0.25) is 5.02 Å². The smallest absolute Gasteiger partial charge is 0.141 e. The molecule has 0 radical (unpaired) electrons. The molecule has 0 amide bonds. The van der Waals surface area contributed by atoms with Gasteiger partial charge in [-0.25, -0.2) is 14.4 Å². The highest BCUT2D eigenvalue weighted by Gasteiger charge is 2.04. The zero-order valence-electron chi connectivity index (χ0n) is 10.7. The van der Waals surface area contributed by atoms with Gasteiger partial charge in [0.15, 0.2) is 0 Å². The number of aryl methyl sites for hydroxylation is 1. The largest absolute Gasteiger partial charge is 0.370 e. The van der Waals surface area contributed by atoms with Gasteiger partial charge < -0.3 is 10.6 Å². The molecule has 19 heavy (non-hydrogen) atoms. The van der Waals surface area contributed by atoms with Gasteiger partial charge in [0.25, 0.3) is 0 Å². The van der Waals surface area contributed by atoms with Crippen molar-refractivity contribution in [3.63, 3.8) is 0 Å². The molecule has 0 atom stereocenters. The number of nitrogens with zero attached hydrogens (tertiary/aromatic N) is 2. The Morgan fingerprint density at radius 3 is 2.63 bits per heavy atom. The third-order valence-corrected chi connectivity index (χ3v) is 2.68. The molecular weight excluding hydrogens is 267 g/mol. The molecule has 2 rings (SSSR count). The minimum Gasteiger partial charge on any atom is -0.370 e. The molecule has 1 aromatic heterocycles. The molecule has 6 heteroatoms. The first-order valence-corrected chi connectivity index (χ1v) is 6.28. The zero-order chi connectivity index (χ0) is 13.8. The average Bonchev–Trinajstić information content (AvgIpc) is 2.33. The van der Waals surface area contributed by atoms with Gasteiger partial charge in [-0.3, -0.25) is 0 Å². The van der Waals surface area contributed by atoms with Crippen molar-refractivity contribution in [1.82, 2.24) is 9.97 Å². The number of benzene rings is 1. The Morgan fingerprint density at radius 2 is 1.95 bits per heavy atom. The Balaban J connectivity index is 2.24. The van der Waals surface area contributed by atoms with Crippen molar-refractivity contribution < 1.29 is 4.39 Å². The summed E-state index contributed by atoms with van der Waals surface area (Å²) in [5.41, 5.74) is 0.673. The summed E-state index contributed by atoms with van der Waals surface area (Å²) < 4.78 is 13.1. The summed E-state index contributed by atoms with van der Waals surface area (Å²) in [6, 6.07) is 6.21. The topological polar surface area (TPSA) is 49.8 Å². The normalized spacial score (nSPS) is 10.3. The second kappa shape index (κ2) is 5.84. The zero-order valence-corrected chi connectivity index (χ0v) is 11.4. The SMILES string of the molecule is CCNc1cc(Nc2ccc(F)c(Cl)c2)nc(C)n1. The maximum absolute atomic E-state index is 13.1. The third-order valence-electron chi connectivity index (χ3n) is 2.39. The summed E-state index contributed by atoms with van der Waals surface area (Å²) in [6.45, 7) is 4.58. The monoisotopic (exact) mass is 280 g/mol. The van der Waals surface area contributed by atoms with E-state index in [1.54, 1.807) is 12.1 Å². The third kappa shape index (κ3) is 3.54. The van der Waals surface area contributed by atoms with Crippen molar-refractivity contribution in [1.29, 1.82) is 0 Å². The van der Waals surface area contributed by atoms with Crippen molar-refractivity contribution in [2.24, 2.45) is 0 Å². The fourth-order valence-corrected chi connectivity index (χ4v) is 1.81. The maximum Gasteiger partial charge on any atom is 0.141 e. The van der Waals surface area contributed by atoms with Gasteiger partial charge in [-0.2, -0.15) is 0 Å². The molecule has 100 valence electrons. The van der Waals surface area contributed by atoms with E-state index in [-0.39, 0.29) is 5.02 Å². The van der Waals surface area contributed by atoms with Crippen LogP contribution in [0.1, 0.15) is 12.7 Å². The number of aromatic nitrogens is 2. The van der Waals surface area contributed by atoms with Crippen LogP contribution in [0.15, 0.2) is 24.3 Å². The predicted molar refractivity (Wildman–Crippen MR) is 75.6 cm³/mol. The van der Waals surface area contributed by atoms with E-state index in [4.69, 9.17) is 11.6 Å². The van der Waals surface area contributed by atoms with Crippen LogP contribution in [0.3, 0.4) is 0 Å². The molecule has 0 bridgehead atoms. The molecule has 0 aliphatic rings. The molecule has 0 unspecified atom stereocenters. The highest BCUT2D eigenvalue weighted by molar-refractivity contribution is 6.31. The van der Waals surface area contributed by atoms with Crippen LogP contribution >= 0.6 is 11.6 Å². The molecule has 4 nitrogen and oxygen atoms in total. The van der Waals surface area contributed by atoms with Crippen LogP contribution in [0.4, 0.5) is 21.7 Å². The van der Waals surface area contributed by atoms with Gasteiger partial charge in [0, 0.05) is 18.3 Å². The maximum atomic E-state index is 13.1. The van der Waals surface area contributed by atoms with Gasteiger partial charge in [0.05, 0.1) is 5.02 Å². The van der Waals surface area contributed by atoms with Crippen LogP contribution in [-0.4, -0.2) is 16.5 Å². The molecule has 0 aliphatic heterocycles. The van der Waals surface area contributed by atoms with Crippen LogP contribution in [0, 0.1) is 12.7 Å². The average molecular weight is 281 g/mol. The minimum atomic E-state index is -0.445. The van der Waals surface area contributed by atoms with Crippen molar-refractivity contribution in [2.75, 3.05) is 17.2 Å². The Labute approximate surface area is 116 Å². The van der Waals surface area contributed by atoms with Gasteiger partial charge in [-0.1, -0.05) is 11.6 Å². The highest BCUT2D eigenvalue weighted by Crippen LogP contribution is 2.22. The van der Waals surface area contributed by atoms with Crippen LogP contribution < -0.4 is 10.6 Å². The van der Waals surface area contributed by atoms with Crippen molar-refractivity contribution >= 4 is 28.9 Å². The summed E-state index contributed by atoms with van der Waals surface area (Å²) in [6.07, 6.45) is 0. The van der Waals surface area contributed by atoms with E-state index in [0.717, 1.165) is 12.4 Å². The minimum absolute atomic E-state index is 0.0719. The standard InChI is InChI=1S/C13H14ClFN4/c1-3-16-12-7-13(18-8(2)17-12)19-9-4-5-11(15)10(14)6-9/h4-7H,3H2,1-2H3,(H2,16,17,18,19). The molecule has 0 spiro atoms. The fourth-order valence-electron chi connectivity index (χ4n) is 1.63. The molecule has 1 heterocycles. The van der Waals surface area contributed by atoms with Gasteiger partial charge in [-0.05, 0) is 32.0 Å². The van der Waals surface area contributed by atoms with Gasteiger partial charge in [0.2, 0.25) is 0 Å². The van der Waals surface area contributed by atoms with E-state index >= 15 is 0 Å². The molecule has 1 aromatic carbocycles. The molecular formula is C13H14ClFN4. The number of nitrogens with one attached hydrogen (secondary N) is 2. The summed E-state index contributed by atoms with van der Waals surface area (Å²) in [7, 11) is 0. The van der Waals surface area contributed by atoms with Crippen molar-refractivity contribution in [2.45, 2.75) is 13.8 Å². The molecule has 2 N–H and O–H groups in total. The summed E-state index contributed by atoms with van der Waals surface area (Å²) in [5.74, 6) is 1.57. The molecule has 2 aromatic rings. The van der Waals surface area contributed by atoms with Crippen LogP contribution in [0.5, 0.6) is 0 Å². The number of rotatable bonds is 4. The lowest BCUT2D eigenvalue weighted by Crippen LogP contribution is -2.04. The van der Waals surface area contributed by atoms with E-state index in [9.17, 15) is 4.39 Å². The Hall–Kier alpha value is -1.88. The number of halogens is 2. The van der Waals surface area contributed by atoms with Gasteiger partial charge in [0.1, 0.15) is 23.3 Å². The molecule has 0 aliphatic carbocycles.